The first kappa shape index (κ1) is 25.5. The second kappa shape index (κ2) is 6.38. The maximum Gasteiger partial charge on any atom is 0.416 e. The van der Waals surface area contributed by atoms with Crippen molar-refractivity contribution in [2.45, 2.75) is 60.4 Å². The van der Waals surface area contributed by atoms with Crippen molar-refractivity contribution in [2.75, 3.05) is 0 Å². The van der Waals surface area contributed by atoms with Crippen molar-refractivity contribution in [3.63, 3.8) is 0 Å². The lowest BCUT2D eigenvalue weighted by Gasteiger charge is -2.53. The molecule has 0 saturated heterocycles. The van der Waals surface area contributed by atoms with Crippen LogP contribution in [0.1, 0.15) is 24.5 Å². The Morgan fingerprint density at radius 3 is 1.42 bits per heavy atom. The monoisotopic (exact) mass is 484 g/mol. The summed E-state index contributed by atoms with van der Waals surface area (Å²) in [6.07, 6.45) is -8.26. The van der Waals surface area contributed by atoms with Crippen molar-refractivity contribution in [1.29, 1.82) is 0 Å². The summed E-state index contributed by atoms with van der Waals surface area (Å²) in [7, 11) is 0. The van der Waals surface area contributed by atoms with Crippen LogP contribution in [0.2, 0.25) is 0 Å². The van der Waals surface area contributed by atoms with E-state index in [0.717, 1.165) is 0 Å². The van der Waals surface area contributed by atoms with Gasteiger partial charge in [0.15, 0.2) is 0 Å². The number of alkyl halides is 14. The third-order valence-electron chi connectivity index (χ3n) is 4.97. The molecule has 1 N–H and O–H groups in total. The Balaban J connectivity index is 2.70. The molecule has 1 aromatic rings. The number of benzene rings is 1. The lowest BCUT2D eigenvalue weighted by atomic mass is 9.67. The largest absolute Gasteiger partial charge is 0.416 e. The van der Waals surface area contributed by atoms with Gasteiger partial charge in [0.25, 0.3) is 5.67 Å². The molecule has 0 bridgehead atoms. The molecule has 0 aromatic heterocycles. The average Bonchev–Trinajstić information content (AvgIpc) is 2.59. The normalized spacial score (nSPS) is 27.4. The van der Waals surface area contributed by atoms with Gasteiger partial charge in [0, 0.05) is 6.42 Å². The lowest BCUT2D eigenvalue weighted by Crippen LogP contribution is -2.84. The number of aliphatic hydroxyl groups is 1. The van der Waals surface area contributed by atoms with E-state index in [4.69, 9.17) is 0 Å². The van der Waals surface area contributed by atoms with Crippen LogP contribution in [0.5, 0.6) is 0 Å². The van der Waals surface area contributed by atoms with Crippen molar-refractivity contribution in [1.82, 2.24) is 0 Å². The molecule has 1 saturated carbocycles. The summed E-state index contributed by atoms with van der Waals surface area (Å²) in [5.74, 6) is -36.6. The van der Waals surface area contributed by atoms with E-state index in [0.29, 0.717) is 18.2 Å². The summed E-state index contributed by atoms with van der Waals surface area (Å²) in [5, 5.41) is 10.1. The topological polar surface area (TPSA) is 20.2 Å². The van der Waals surface area contributed by atoms with Crippen LogP contribution in [-0.2, 0) is 11.8 Å². The SMILES string of the molecule is CC(O)(CC1(F)C(F)(F)C(F)(F)C(F)(F)C(F)(F)C1(F)F)c1cccc(C(F)(F)F)c1. The van der Waals surface area contributed by atoms with Gasteiger partial charge in [-0.3, -0.25) is 0 Å². The molecule has 1 nitrogen and oxygen atoms in total. The van der Waals surface area contributed by atoms with Gasteiger partial charge in [0.1, 0.15) is 0 Å². The van der Waals surface area contributed by atoms with Gasteiger partial charge in [-0.2, -0.15) is 57.1 Å². The van der Waals surface area contributed by atoms with Gasteiger partial charge in [0.05, 0.1) is 11.2 Å². The Kier molecular flexibility index (Phi) is 5.24. The van der Waals surface area contributed by atoms with Crippen LogP contribution in [0.3, 0.4) is 0 Å². The minimum absolute atomic E-state index is 0.0760. The molecule has 0 heterocycles. The van der Waals surface area contributed by atoms with Gasteiger partial charge < -0.3 is 5.11 Å². The van der Waals surface area contributed by atoms with E-state index in [1.165, 1.54) is 0 Å². The van der Waals surface area contributed by atoms with E-state index in [9.17, 15) is 66.6 Å². The summed E-state index contributed by atoms with van der Waals surface area (Å²) in [4.78, 5) is 0. The van der Waals surface area contributed by atoms with E-state index in [1.54, 1.807) is 0 Å². The maximum absolute atomic E-state index is 14.8. The van der Waals surface area contributed by atoms with Crippen molar-refractivity contribution < 1.29 is 66.6 Å². The lowest BCUT2D eigenvalue weighted by molar-refractivity contribution is -0.488. The van der Waals surface area contributed by atoms with E-state index >= 15 is 0 Å². The first-order valence-corrected chi connectivity index (χ1v) is 7.90. The van der Waals surface area contributed by atoms with Crippen LogP contribution in [0.15, 0.2) is 24.3 Å². The Labute approximate surface area is 163 Å². The molecule has 178 valence electrons. The molecule has 0 amide bonds. The molecule has 0 radical (unpaired) electrons. The molecular formula is C16H10F14O. The number of hydrogen-bond acceptors (Lipinski definition) is 1. The van der Waals surface area contributed by atoms with Gasteiger partial charge in [-0.15, -0.1) is 0 Å². The zero-order chi connectivity index (χ0) is 24.7. The van der Waals surface area contributed by atoms with Crippen molar-refractivity contribution in [2.24, 2.45) is 0 Å². The molecule has 1 aliphatic rings. The van der Waals surface area contributed by atoms with Gasteiger partial charge in [0.2, 0.25) is 0 Å². The van der Waals surface area contributed by atoms with Crippen LogP contribution in [0, 0.1) is 0 Å². The van der Waals surface area contributed by atoms with Crippen LogP contribution in [-0.4, -0.2) is 40.4 Å². The summed E-state index contributed by atoms with van der Waals surface area (Å²) < 4.78 is 189. The molecule has 1 atom stereocenters. The van der Waals surface area contributed by atoms with E-state index < -0.39 is 64.6 Å². The highest BCUT2D eigenvalue weighted by molar-refractivity contribution is 5.33. The molecule has 15 heteroatoms. The second-order valence-electron chi connectivity index (χ2n) is 7.20. The van der Waals surface area contributed by atoms with Gasteiger partial charge in [-0.25, -0.2) is 4.39 Å². The first-order chi connectivity index (χ1) is 13.4. The molecule has 1 unspecified atom stereocenters. The summed E-state index contributed by atoms with van der Waals surface area (Å²) >= 11 is 0. The molecule has 31 heavy (non-hydrogen) atoms. The summed E-state index contributed by atoms with van der Waals surface area (Å²) in [5.41, 5.74) is -13.1. The van der Waals surface area contributed by atoms with Crippen LogP contribution >= 0.6 is 0 Å². The van der Waals surface area contributed by atoms with Gasteiger partial charge in [-0.05, 0) is 24.6 Å². The van der Waals surface area contributed by atoms with E-state index in [1.807, 2.05) is 0 Å². The number of rotatable bonds is 3. The fourth-order valence-corrected chi connectivity index (χ4v) is 3.12. The highest BCUT2D eigenvalue weighted by atomic mass is 19.4. The molecule has 1 aliphatic carbocycles. The van der Waals surface area contributed by atoms with Gasteiger partial charge >= 0.3 is 35.8 Å². The third-order valence-corrected chi connectivity index (χ3v) is 4.97. The molecule has 1 fully saturated rings. The predicted octanol–water partition coefficient (Wildman–Crippen LogP) is 6.20. The standard InChI is InChI=1S/C16H10F14O/c1-9(31,7-3-2-4-8(5-7)11(18,19)20)6-10(17)12(21,22)14(25,26)16(29,30)15(27,28)13(10,23)24/h2-5,31H,6H2,1H3. The molecular weight excluding hydrogens is 474 g/mol. The van der Waals surface area contributed by atoms with Gasteiger partial charge in [-0.1, -0.05) is 12.1 Å². The average molecular weight is 484 g/mol. The zero-order valence-corrected chi connectivity index (χ0v) is 14.8. The fraction of sp³-hybridized carbons (Fsp3) is 0.625. The molecule has 0 spiro atoms. The summed E-state index contributed by atoms with van der Waals surface area (Å²) in [6.45, 7) is 0.0824. The maximum atomic E-state index is 14.8. The molecule has 1 aromatic carbocycles. The van der Waals surface area contributed by atoms with E-state index in [2.05, 4.69) is 0 Å². The Morgan fingerprint density at radius 1 is 0.677 bits per heavy atom. The molecule has 2 rings (SSSR count). The highest BCUT2D eigenvalue weighted by Gasteiger charge is 3.01. The number of halogens is 14. The van der Waals surface area contributed by atoms with Crippen molar-refractivity contribution in [3.8, 4) is 0 Å². The fourth-order valence-electron chi connectivity index (χ4n) is 3.12. The zero-order valence-electron chi connectivity index (χ0n) is 14.8. The van der Waals surface area contributed by atoms with Crippen molar-refractivity contribution >= 4 is 0 Å². The smallest absolute Gasteiger partial charge is 0.385 e. The third kappa shape index (κ3) is 3.01. The van der Waals surface area contributed by atoms with E-state index in [-0.39, 0.29) is 13.0 Å². The van der Waals surface area contributed by atoms with Crippen molar-refractivity contribution in [3.05, 3.63) is 35.4 Å². The van der Waals surface area contributed by atoms with Crippen LogP contribution < -0.4 is 0 Å². The highest BCUT2D eigenvalue weighted by Crippen LogP contribution is 2.71. The Bertz CT molecular complexity index is 824. The second-order valence-corrected chi connectivity index (χ2v) is 7.20. The first-order valence-electron chi connectivity index (χ1n) is 7.90. The van der Waals surface area contributed by atoms with Crippen LogP contribution in [0.4, 0.5) is 61.5 Å². The Hall–Kier alpha value is -1.80. The minimum atomic E-state index is -7.43. The molecule has 0 aliphatic heterocycles. The quantitative estimate of drug-likeness (QED) is 0.507. The Morgan fingerprint density at radius 2 is 1.03 bits per heavy atom. The van der Waals surface area contributed by atoms with Crippen LogP contribution in [0.25, 0.3) is 0 Å². The minimum Gasteiger partial charge on any atom is -0.385 e. The summed E-state index contributed by atoms with van der Waals surface area (Å²) in [6, 6.07) is 1.17. The predicted molar refractivity (Wildman–Crippen MR) is 74.2 cm³/mol. The number of hydrogen-bond donors (Lipinski definition) is 1.